The van der Waals surface area contributed by atoms with Crippen LogP contribution in [0.3, 0.4) is 0 Å². The monoisotopic (exact) mass is 341 g/mol. The molecule has 1 aliphatic rings. The summed E-state index contributed by atoms with van der Waals surface area (Å²) in [5, 5.41) is 11.8. The molecule has 22 heavy (non-hydrogen) atoms. The van der Waals surface area contributed by atoms with Crippen molar-refractivity contribution >= 4 is 21.4 Å². The van der Waals surface area contributed by atoms with Gasteiger partial charge in [0.25, 0.3) is 0 Å². The van der Waals surface area contributed by atoms with E-state index in [0.29, 0.717) is 29.6 Å². The summed E-state index contributed by atoms with van der Waals surface area (Å²) in [5.41, 5.74) is 0. The number of nitrogens with one attached hydrogen (secondary N) is 1. The fraction of sp³-hybridized carbons (Fsp3) is 0.286. The van der Waals surface area contributed by atoms with E-state index in [2.05, 4.69) is 4.72 Å². The number of sulfonamides is 1. The average molecular weight is 341 g/mol. The van der Waals surface area contributed by atoms with Crippen LogP contribution in [0.25, 0.3) is 0 Å². The van der Waals surface area contributed by atoms with Crippen LogP contribution < -0.4 is 14.2 Å². The predicted octanol–water partition coefficient (Wildman–Crippen LogP) is 1.53. The summed E-state index contributed by atoms with van der Waals surface area (Å²) in [6.07, 6.45) is -0.869. The number of ether oxygens (including phenoxy) is 2. The highest BCUT2D eigenvalue weighted by Crippen LogP contribution is 2.32. The summed E-state index contributed by atoms with van der Waals surface area (Å²) >= 11 is 1.37. The Bertz CT molecular complexity index is 743. The summed E-state index contributed by atoms with van der Waals surface area (Å²) in [7, 11) is -3.72. The number of hydrogen-bond donors (Lipinski definition) is 2. The second-order valence-corrected chi connectivity index (χ2v) is 7.43. The van der Waals surface area contributed by atoms with Crippen LogP contribution in [0.2, 0.25) is 0 Å². The lowest BCUT2D eigenvalue weighted by atomic mass is 10.3. The van der Waals surface area contributed by atoms with Crippen LogP contribution in [0.4, 0.5) is 0 Å². The van der Waals surface area contributed by atoms with Crippen LogP contribution in [0, 0.1) is 0 Å². The molecule has 8 heteroatoms. The first-order chi connectivity index (χ1) is 10.6. The lowest BCUT2D eigenvalue weighted by Gasteiger charge is -2.19. The third-order valence-corrected chi connectivity index (χ3v) is 5.56. The molecule has 1 aromatic carbocycles. The van der Waals surface area contributed by atoms with Crippen molar-refractivity contribution in [3.05, 3.63) is 40.6 Å². The first-order valence-corrected chi connectivity index (χ1v) is 9.03. The minimum Gasteiger partial charge on any atom is -0.486 e. The quantitative estimate of drug-likeness (QED) is 0.861. The molecule has 1 aliphatic heterocycles. The second-order valence-electron chi connectivity index (χ2n) is 4.69. The van der Waals surface area contributed by atoms with E-state index in [-0.39, 0.29) is 11.4 Å². The average Bonchev–Trinajstić information content (AvgIpc) is 3.07. The first kappa shape index (κ1) is 15.3. The largest absolute Gasteiger partial charge is 0.486 e. The van der Waals surface area contributed by atoms with Crippen LogP contribution in [0.15, 0.2) is 40.6 Å². The Hall–Kier alpha value is -1.61. The number of rotatable bonds is 5. The van der Waals surface area contributed by atoms with Gasteiger partial charge in [-0.15, -0.1) is 11.3 Å². The highest BCUT2D eigenvalue weighted by atomic mass is 32.2. The Balaban J connectivity index is 1.72. The number of benzene rings is 1. The number of fused-ring (bicyclic) bond motifs is 1. The Labute approximate surface area is 132 Å². The number of hydrogen-bond acceptors (Lipinski definition) is 6. The Morgan fingerprint density at radius 2 is 2.00 bits per heavy atom. The molecule has 0 saturated heterocycles. The molecule has 2 heterocycles. The molecule has 0 bridgehead atoms. The smallest absolute Gasteiger partial charge is 0.240 e. The summed E-state index contributed by atoms with van der Waals surface area (Å²) in [5.74, 6) is 0.941. The lowest BCUT2D eigenvalue weighted by Crippen LogP contribution is -2.28. The maximum absolute atomic E-state index is 12.3. The van der Waals surface area contributed by atoms with E-state index in [4.69, 9.17) is 9.47 Å². The van der Waals surface area contributed by atoms with Crippen molar-refractivity contribution in [1.82, 2.24) is 4.72 Å². The van der Waals surface area contributed by atoms with Crippen LogP contribution >= 0.6 is 11.3 Å². The van der Waals surface area contributed by atoms with Crippen LogP contribution in [-0.2, 0) is 10.0 Å². The van der Waals surface area contributed by atoms with E-state index in [1.807, 2.05) is 5.38 Å². The van der Waals surface area contributed by atoms with Crippen molar-refractivity contribution < 1.29 is 23.0 Å². The maximum Gasteiger partial charge on any atom is 0.240 e. The summed E-state index contributed by atoms with van der Waals surface area (Å²) in [4.78, 5) is 0.792. The maximum atomic E-state index is 12.3. The molecule has 0 saturated carbocycles. The Kier molecular flexibility index (Phi) is 4.34. The van der Waals surface area contributed by atoms with Gasteiger partial charge < -0.3 is 14.6 Å². The van der Waals surface area contributed by atoms with Gasteiger partial charge in [-0.05, 0) is 23.6 Å². The van der Waals surface area contributed by atoms with Gasteiger partial charge in [-0.3, -0.25) is 0 Å². The molecule has 0 amide bonds. The number of aliphatic hydroxyl groups excluding tert-OH is 1. The molecule has 1 aromatic heterocycles. The fourth-order valence-electron chi connectivity index (χ4n) is 2.04. The normalized spacial score (nSPS) is 15.5. The standard InChI is InChI=1S/C14H15NO5S2/c16-11(14-2-1-7-21-14)9-15-22(17,18)10-3-4-12-13(8-10)20-6-5-19-12/h1-4,7-8,11,15-16H,5-6,9H2. The zero-order valence-electron chi connectivity index (χ0n) is 11.6. The molecule has 3 rings (SSSR count). The van der Waals surface area contributed by atoms with Crippen LogP contribution in [-0.4, -0.2) is 33.3 Å². The number of thiophene rings is 1. The topological polar surface area (TPSA) is 84.9 Å². The molecule has 1 atom stereocenters. The van der Waals surface area contributed by atoms with Gasteiger partial charge in [0.1, 0.15) is 19.3 Å². The van der Waals surface area contributed by atoms with Crippen molar-refractivity contribution in [3.8, 4) is 11.5 Å². The lowest BCUT2D eigenvalue weighted by molar-refractivity contribution is 0.171. The first-order valence-electron chi connectivity index (χ1n) is 6.67. The summed E-state index contributed by atoms with van der Waals surface area (Å²) in [6.45, 7) is 0.753. The van der Waals surface area contributed by atoms with Gasteiger partial charge in [0, 0.05) is 17.5 Å². The van der Waals surface area contributed by atoms with Crippen molar-refractivity contribution in [1.29, 1.82) is 0 Å². The molecule has 0 aliphatic carbocycles. The SMILES string of the molecule is O=S(=O)(NCC(O)c1cccs1)c1ccc2c(c1)OCCO2. The molecule has 1 unspecified atom stereocenters. The van der Waals surface area contributed by atoms with E-state index < -0.39 is 16.1 Å². The molecule has 6 nitrogen and oxygen atoms in total. The van der Waals surface area contributed by atoms with E-state index in [1.54, 1.807) is 18.2 Å². The van der Waals surface area contributed by atoms with Crippen molar-refractivity contribution in [2.24, 2.45) is 0 Å². The van der Waals surface area contributed by atoms with Gasteiger partial charge in [0.05, 0.1) is 4.90 Å². The molecular weight excluding hydrogens is 326 g/mol. The molecular formula is C14H15NO5S2. The second kappa shape index (κ2) is 6.25. The molecule has 0 radical (unpaired) electrons. The van der Waals surface area contributed by atoms with Gasteiger partial charge in [0.2, 0.25) is 10.0 Å². The van der Waals surface area contributed by atoms with E-state index >= 15 is 0 Å². The zero-order valence-corrected chi connectivity index (χ0v) is 13.2. The molecule has 2 aromatic rings. The van der Waals surface area contributed by atoms with Gasteiger partial charge in [-0.1, -0.05) is 6.07 Å². The molecule has 118 valence electrons. The Morgan fingerprint density at radius 3 is 2.73 bits per heavy atom. The van der Waals surface area contributed by atoms with Gasteiger partial charge in [-0.2, -0.15) is 0 Å². The number of aliphatic hydroxyl groups is 1. The highest BCUT2D eigenvalue weighted by Gasteiger charge is 2.20. The van der Waals surface area contributed by atoms with E-state index in [1.165, 1.54) is 23.5 Å². The minimum atomic E-state index is -3.72. The predicted molar refractivity (Wildman–Crippen MR) is 81.9 cm³/mol. The van der Waals surface area contributed by atoms with Crippen molar-refractivity contribution in [2.45, 2.75) is 11.0 Å². The van der Waals surface area contributed by atoms with Crippen LogP contribution in [0.5, 0.6) is 11.5 Å². The van der Waals surface area contributed by atoms with Crippen LogP contribution in [0.1, 0.15) is 11.0 Å². The van der Waals surface area contributed by atoms with Crippen molar-refractivity contribution in [3.63, 3.8) is 0 Å². The zero-order chi connectivity index (χ0) is 15.6. The van der Waals surface area contributed by atoms with E-state index in [0.717, 1.165) is 0 Å². The third kappa shape index (κ3) is 3.25. The minimum absolute atomic E-state index is 0.0788. The van der Waals surface area contributed by atoms with Gasteiger partial charge in [-0.25, -0.2) is 13.1 Å². The summed E-state index contributed by atoms with van der Waals surface area (Å²) in [6, 6.07) is 8.01. The van der Waals surface area contributed by atoms with Gasteiger partial charge >= 0.3 is 0 Å². The molecule has 0 fully saturated rings. The van der Waals surface area contributed by atoms with Crippen molar-refractivity contribution in [2.75, 3.05) is 19.8 Å². The molecule has 0 spiro atoms. The third-order valence-electron chi connectivity index (χ3n) is 3.16. The highest BCUT2D eigenvalue weighted by molar-refractivity contribution is 7.89. The fourth-order valence-corrected chi connectivity index (χ4v) is 3.81. The Morgan fingerprint density at radius 1 is 1.23 bits per heavy atom. The van der Waals surface area contributed by atoms with E-state index in [9.17, 15) is 13.5 Å². The van der Waals surface area contributed by atoms with Gasteiger partial charge in [0.15, 0.2) is 11.5 Å². The molecule has 2 N–H and O–H groups in total. The summed E-state index contributed by atoms with van der Waals surface area (Å²) < 4.78 is 37.7.